The Morgan fingerprint density at radius 3 is 2.65 bits per heavy atom. The summed E-state index contributed by atoms with van der Waals surface area (Å²) in [7, 11) is 0. The summed E-state index contributed by atoms with van der Waals surface area (Å²) in [6, 6.07) is 3.95. The lowest BCUT2D eigenvalue weighted by atomic mass is 10.1. The van der Waals surface area contributed by atoms with Crippen LogP contribution in [-0.2, 0) is 6.42 Å². The lowest BCUT2D eigenvalue weighted by Crippen LogP contribution is -2.15. The summed E-state index contributed by atoms with van der Waals surface area (Å²) in [6.07, 6.45) is 4.37. The molecule has 1 aromatic heterocycles. The smallest absolute Gasteiger partial charge is 0.176 e. The highest BCUT2D eigenvalue weighted by atomic mass is 16.1. The molecule has 0 aliphatic carbocycles. The van der Waals surface area contributed by atoms with E-state index in [-0.39, 0.29) is 5.78 Å². The summed E-state index contributed by atoms with van der Waals surface area (Å²) < 4.78 is 0. The second-order valence-electron chi connectivity index (χ2n) is 4.24. The van der Waals surface area contributed by atoms with Crippen molar-refractivity contribution < 1.29 is 4.79 Å². The van der Waals surface area contributed by atoms with Gasteiger partial charge in [-0.1, -0.05) is 32.8 Å². The lowest BCUT2D eigenvalue weighted by Gasteiger charge is -2.04. The molecule has 0 aliphatic heterocycles. The third-order valence-corrected chi connectivity index (χ3v) is 2.79. The van der Waals surface area contributed by atoms with E-state index >= 15 is 0 Å². The van der Waals surface area contributed by atoms with Crippen molar-refractivity contribution >= 4 is 5.78 Å². The minimum Gasteiger partial charge on any atom is -0.337 e. The van der Waals surface area contributed by atoms with E-state index in [0.29, 0.717) is 5.69 Å². The van der Waals surface area contributed by atoms with Gasteiger partial charge in [-0.3, -0.25) is 9.79 Å². The van der Waals surface area contributed by atoms with Crippen LogP contribution < -0.4 is 5.49 Å². The lowest BCUT2D eigenvalue weighted by molar-refractivity contribution is 0.101. The molecular formula is C14H22N2O. The molecule has 0 atom stereocenters. The first kappa shape index (κ1) is 13.7. The van der Waals surface area contributed by atoms with E-state index in [1.807, 2.05) is 19.1 Å². The van der Waals surface area contributed by atoms with Gasteiger partial charge in [0, 0.05) is 13.5 Å². The fourth-order valence-electron chi connectivity index (χ4n) is 1.78. The quantitative estimate of drug-likeness (QED) is 0.597. The fraction of sp³-hybridized carbons (Fsp3) is 0.571. The Morgan fingerprint density at radius 2 is 2.06 bits per heavy atom. The van der Waals surface area contributed by atoms with E-state index in [1.165, 1.54) is 12.8 Å². The van der Waals surface area contributed by atoms with Crippen LogP contribution in [0, 0.1) is 0 Å². The van der Waals surface area contributed by atoms with Crippen LogP contribution in [0.5, 0.6) is 0 Å². The topological polar surface area (TPSA) is 45.2 Å². The number of aromatic amines is 1. The Balaban J connectivity index is 2.88. The first-order chi connectivity index (χ1) is 8.19. The molecule has 94 valence electrons. The van der Waals surface area contributed by atoms with Crippen molar-refractivity contribution in [3.8, 4) is 0 Å². The van der Waals surface area contributed by atoms with Gasteiger partial charge < -0.3 is 4.98 Å². The van der Waals surface area contributed by atoms with E-state index in [0.717, 1.165) is 30.4 Å². The van der Waals surface area contributed by atoms with Crippen molar-refractivity contribution in [2.45, 2.75) is 46.5 Å². The number of hydrogen-bond donors (Lipinski definition) is 1. The van der Waals surface area contributed by atoms with Crippen LogP contribution >= 0.6 is 0 Å². The molecular weight excluding hydrogens is 212 g/mol. The van der Waals surface area contributed by atoms with Gasteiger partial charge in [-0.25, -0.2) is 0 Å². The highest BCUT2D eigenvalue weighted by molar-refractivity contribution is 5.93. The number of rotatable bonds is 6. The van der Waals surface area contributed by atoms with Crippen LogP contribution in [0.15, 0.2) is 17.1 Å². The molecule has 0 aromatic carbocycles. The number of nitrogens with zero attached hydrogens (tertiary/aromatic N) is 1. The third-order valence-electron chi connectivity index (χ3n) is 2.79. The predicted molar refractivity (Wildman–Crippen MR) is 70.1 cm³/mol. The maximum atomic E-state index is 11.5. The summed E-state index contributed by atoms with van der Waals surface area (Å²) in [6.45, 7) is 6.64. The van der Waals surface area contributed by atoms with Crippen LogP contribution in [-0.4, -0.2) is 17.3 Å². The maximum absolute atomic E-state index is 11.5. The zero-order chi connectivity index (χ0) is 12.7. The van der Waals surface area contributed by atoms with Crippen LogP contribution in [0.2, 0.25) is 0 Å². The molecule has 0 aliphatic rings. The van der Waals surface area contributed by atoms with Crippen molar-refractivity contribution in [1.29, 1.82) is 0 Å². The first-order valence-corrected chi connectivity index (χ1v) is 6.42. The number of carbonyl (C=O) groups is 1. The first-order valence-electron chi connectivity index (χ1n) is 6.42. The van der Waals surface area contributed by atoms with Crippen LogP contribution in [0.1, 0.15) is 56.1 Å². The van der Waals surface area contributed by atoms with Crippen LogP contribution in [0.4, 0.5) is 0 Å². The van der Waals surface area contributed by atoms with E-state index < -0.39 is 0 Å². The second kappa shape index (κ2) is 7.05. The summed E-state index contributed by atoms with van der Waals surface area (Å²) in [5, 5.41) is 0. The molecule has 0 spiro atoms. The summed E-state index contributed by atoms with van der Waals surface area (Å²) in [5.74, 6) is 0.0764. The average Bonchev–Trinajstić information content (AvgIpc) is 2.34. The maximum Gasteiger partial charge on any atom is 0.176 e. The normalized spacial score (nSPS) is 11.8. The number of aryl methyl sites for hydroxylation is 1. The molecule has 0 saturated heterocycles. The van der Waals surface area contributed by atoms with E-state index in [2.05, 4.69) is 16.9 Å². The Kier molecular flexibility index (Phi) is 5.67. The van der Waals surface area contributed by atoms with Crippen molar-refractivity contribution in [3.63, 3.8) is 0 Å². The number of pyridine rings is 1. The minimum atomic E-state index is 0.0764. The van der Waals surface area contributed by atoms with Crippen LogP contribution in [0.25, 0.3) is 0 Å². The van der Waals surface area contributed by atoms with Crippen molar-refractivity contribution in [2.75, 3.05) is 6.54 Å². The van der Waals surface area contributed by atoms with Gasteiger partial charge in [-0.15, -0.1) is 0 Å². The summed E-state index contributed by atoms with van der Waals surface area (Å²) >= 11 is 0. The molecule has 1 N–H and O–H groups in total. The van der Waals surface area contributed by atoms with Crippen LogP contribution in [0.3, 0.4) is 0 Å². The number of hydrogen-bond acceptors (Lipinski definition) is 2. The molecule has 3 heteroatoms. The standard InChI is InChI=1S/C14H22N2O/c1-4-6-7-10-15-13-9-8-12(5-2)14(16-13)11(3)17/h8-9H,4-7,10H2,1-3H3,(H,15,16). The third kappa shape index (κ3) is 4.17. The molecule has 0 fully saturated rings. The minimum absolute atomic E-state index is 0.0764. The highest BCUT2D eigenvalue weighted by Gasteiger charge is 2.05. The van der Waals surface area contributed by atoms with E-state index in [9.17, 15) is 4.79 Å². The molecule has 0 saturated carbocycles. The molecule has 1 aromatic rings. The van der Waals surface area contributed by atoms with Gasteiger partial charge in [0.2, 0.25) is 0 Å². The van der Waals surface area contributed by atoms with Gasteiger partial charge in [-0.05, 0) is 24.5 Å². The molecule has 1 rings (SSSR count). The zero-order valence-corrected chi connectivity index (χ0v) is 11.0. The molecule has 3 nitrogen and oxygen atoms in total. The molecule has 0 amide bonds. The van der Waals surface area contributed by atoms with Crippen molar-refractivity contribution in [2.24, 2.45) is 4.99 Å². The van der Waals surface area contributed by atoms with Gasteiger partial charge >= 0.3 is 0 Å². The molecule has 0 unspecified atom stereocenters. The molecule has 0 radical (unpaired) electrons. The Bertz CT molecular complexity index is 432. The number of unbranched alkanes of at least 4 members (excludes halogenated alkanes) is 2. The predicted octanol–water partition coefficient (Wildman–Crippen LogP) is 2.87. The SMILES string of the molecule is CCCCCN=c1ccc(CC)c(C(C)=O)[nH]1. The molecule has 17 heavy (non-hydrogen) atoms. The summed E-state index contributed by atoms with van der Waals surface area (Å²) in [4.78, 5) is 19.1. The average molecular weight is 234 g/mol. The Hall–Kier alpha value is -1.38. The monoisotopic (exact) mass is 234 g/mol. The number of ketones is 1. The van der Waals surface area contributed by atoms with Gasteiger partial charge in [0.05, 0.1) is 5.69 Å². The van der Waals surface area contributed by atoms with Crippen molar-refractivity contribution in [1.82, 2.24) is 4.98 Å². The Morgan fingerprint density at radius 1 is 1.29 bits per heavy atom. The summed E-state index contributed by atoms with van der Waals surface area (Å²) in [5.41, 5.74) is 2.57. The highest BCUT2D eigenvalue weighted by Crippen LogP contribution is 2.04. The van der Waals surface area contributed by atoms with Gasteiger partial charge in [0.1, 0.15) is 5.49 Å². The second-order valence-corrected chi connectivity index (χ2v) is 4.24. The fourth-order valence-corrected chi connectivity index (χ4v) is 1.78. The van der Waals surface area contributed by atoms with E-state index in [4.69, 9.17) is 0 Å². The Labute approximate surface area is 103 Å². The van der Waals surface area contributed by atoms with Gasteiger partial charge in [0.25, 0.3) is 0 Å². The zero-order valence-electron chi connectivity index (χ0n) is 11.0. The van der Waals surface area contributed by atoms with Gasteiger partial charge in [-0.2, -0.15) is 0 Å². The molecule has 0 bridgehead atoms. The van der Waals surface area contributed by atoms with Gasteiger partial charge in [0.15, 0.2) is 5.78 Å². The number of Topliss-reactive ketones (excluding diaryl/α,β-unsaturated/α-hetero) is 1. The largest absolute Gasteiger partial charge is 0.337 e. The number of H-pyrrole nitrogens is 1. The number of carbonyl (C=O) groups excluding carboxylic acids is 1. The van der Waals surface area contributed by atoms with E-state index in [1.54, 1.807) is 6.92 Å². The number of nitrogens with one attached hydrogen (secondary N) is 1. The van der Waals surface area contributed by atoms with Crippen molar-refractivity contribution in [3.05, 3.63) is 28.9 Å². The number of aromatic nitrogens is 1. The molecule has 1 heterocycles.